The van der Waals surface area contributed by atoms with Gasteiger partial charge in [-0.2, -0.15) is 11.8 Å². The molecule has 2 N–H and O–H groups in total. The summed E-state index contributed by atoms with van der Waals surface area (Å²) < 4.78 is 5.63. The van der Waals surface area contributed by atoms with Crippen LogP contribution in [-0.4, -0.2) is 52.2 Å². The predicted molar refractivity (Wildman–Crippen MR) is 66.4 cm³/mol. The summed E-state index contributed by atoms with van der Waals surface area (Å²) in [5.41, 5.74) is 0.0627. The third-order valence-corrected chi connectivity index (χ3v) is 4.24. The van der Waals surface area contributed by atoms with E-state index >= 15 is 0 Å². The highest BCUT2D eigenvalue weighted by atomic mass is 32.2. The van der Waals surface area contributed by atoms with Gasteiger partial charge in [0.1, 0.15) is 5.44 Å². The Kier molecular flexibility index (Phi) is 7.08. The molecular weight excluding hydrogens is 232 g/mol. The van der Waals surface area contributed by atoms with Gasteiger partial charge < -0.3 is 14.9 Å². The topological polar surface area (TPSA) is 49.7 Å². The molecule has 90 valence electrons. The minimum Gasteiger partial charge on any atom is -0.394 e. The van der Waals surface area contributed by atoms with Gasteiger partial charge in [-0.3, -0.25) is 0 Å². The summed E-state index contributed by atoms with van der Waals surface area (Å²) in [4.78, 5) is 0. The third-order valence-electron chi connectivity index (χ3n) is 2.34. The van der Waals surface area contributed by atoms with E-state index in [1.165, 1.54) is 12.2 Å². The molecule has 0 aromatic carbocycles. The van der Waals surface area contributed by atoms with Crippen molar-refractivity contribution in [3.8, 4) is 0 Å². The van der Waals surface area contributed by atoms with E-state index in [0.29, 0.717) is 12.8 Å². The van der Waals surface area contributed by atoms with Gasteiger partial charge in [0.25, 0.3) is 0 Å². The first-order valence-corrected chi connectivity index (χ1v) is 7.75. The summed E-state index contributed by atoms with van der Waals surface area (Å²) in [7, 11) is 0. The predicted octanol–water partition coefficient (Wildman–Crippen LogP) is 1.33. The molecule has 3 unspecified atom stereocenters. The largest absolute Gasteiger partial charge is 0.394 e. The molecule has 1 saturated heterocycles. The number of aliphatic hydroxyl groups is 2. The number of rotatable bonds is 6. The molecule has 0 aliphatic carbocycles. The molecule has 1 rings (SSSR count). The highest BCUT2D eigenvalue weighted by Gasteiger charge is 2.27. The maximum Gasteiger partial charge on any atom is 0.106 e. The molecule has 0 amide bonds. The van der Waals surface area contributed by atoms with E-state index in [4.69, 9.17) is 9.84 Å². The van der Waals surface area contributed by atoms with Crippen molar-refractivity contribution in [1.29, 1.82) is 0 Å². The standard InChI is InChI=1S/C10H20O3S2/c1-14-3-2-4-15-10-6-8(12)5-9(7-11)13-10/h8-12H,2-7H2,1H3. The number of aliphatic hydroxyl groups excluding tert-OH is 2. The highest BCUT2D eigenvalue weighted by molar-refractivity contribution is 8.00. The van der Waals surface area contributed by atoms with Crippen LogP contribution in [0.4, 0.5) is 0 Å². The Morgan fingerprint density at radius 2 is 2.13 bits per heavy atom. The van der Waals surface area contributed by atoms with Gasteiger partial charge in [0.05, 0.1) is 18.8 Å². The number of thioether (sulfide) groups is 2. The van der Waals surface area contributed by atoms with Crippen molar-refractivity contribution in [2.24, 2.45) is 0 Å². The average Bonchev–Trinajstić information content (AvgIpc) is 2.23. The van der Waals surface area contributed by atoms with E-state index in [1.807, 2.05) is 11.8 Å². The summed E-state index contributed by atoms with van der Waals surface area (Å²) in [5, 5.41) is 18.6. The molecule has 3 nitrogen and oxygen atoms in total. The first-order chi connectivity index (χ1) is 7.26. The molecule has 1 aliphatic heterocycles. The quantitative estimate of drug-likeness (QED) is 0.699. The van der Waals surface area contributed by atoms with Crippen molar-refractivity contribution in [3.63, 3.8) is 0 Å². The fourth-order valence-electron chi connectivity index (χ4n) is 1.59. The van der Waals surface area contributed by atoms with E-state index in [2.05, 4.69) is 6.26 Å². The minimum atomic E-state index is -0.311. The fraction of sp³-hybridized carbons (Fsp3) is 1.00. The second kappa shape index (κ2) is 7.79. The molecule has 1 aliphatic rings. The van der Waals surface area contributed by atoms with E-state index in [1.54, 1.807) is 11.8 Å². The van der Waals surface area contributed by atoms with Crippen LogP contribution in [0.1, 0.15) is 19.3 Å². The van der Waals surface area contributed by atoms with Crippen LogP contribution in [0.2, 0.25) is 0 Å². The summed E-state index contributed by atoms with van der Waals surface area (Å²) in [6, 6.07) is 0. The van der Waals surface area contributed by atoms with E-state index in [-0.39, 0.29) is 24.3 Å². The van der Waals surface area contributed by atoms with Crippen LogP contribution in [0.25, 0.3) is 0 Å². The van der Waals surface area contributed by atoms with Crippen molar-refractivity contribution in [1.82, 2.24) is 0 Å². The lowest BCUT2D eigenvalue weighted by atomic mass is 10.1. The van der Waals surface area contributed by atoms with Crippen LogP contribution in [0.3, 0.4) is 0 Å². The maximum atomic E-state index is 9.58. The summed E-state index contributed by atoms with van der Waals surface area (Å²) in [5.74, 6) is 2.24. The molecule has 0 radical (unpaired) electrons. The first kappa shape index (κ1) is 13.6. The Bertz CT molecular complexity index is 169. The Labute approximate surface area is 100.0 Å². The van der Waals surface area contributed by atoms with Gasteiger partial charge in [0.2, 0.25) is 0 Å². The van der Waals surface area contributed by atoms with Gasteiger partial charge in [-0.15, -0.1) is 11.8 Å². The van der Waals surface area contributed by atoms with Crippen molar-refractivity contribution >= 4 is 23.5 Å². The number of hydrogen-bond acceptors (Lipinski definition) is 5. The molecule has 1 fully saturated rings. The molecule has 1 heterocycles. The average molecular weight is 252 g/mol. The lowest BCUT2D eigenvalue weighted by molar-refractivity contribution is -0.0783. The van der Waals surface area contributed by atoms with Crippen molar-refractivity contribution in [2.45, 2.75) is 36.9 Å². The molecule has 0 saturated carbocycles. The SMILES string of the molecule is CSCCCSC1CC(O)CC(CO)O1. The Morgan fingerprint density at radius 1 is 1.33 bits per heavy atom. The second-order valence-corrected chi connectivity index (χ2v) is 5.97. The summed E-state index contributed by atoms with van der Waals surface area (Å²) >= 11 is 3.60. The van der Waals surface area contributed by atoms with Crippen LogP contribution < -0.4 is 0 Å². The molecule has 0 bridgehead atoms. The zero-order valence-corrected chi connectivity index (χ0v) is 10.7. The first-order valence-electron chi connectivity index (χ1n) is 5.31. The van der Waals surface area contributed by atoms with Crippen LogP contribution >= 0.6 is 23.5 Å². The Morgan fingerprint density at radius 3 is 2.80 bits per heavy atom. The lowest BCUT2D eigenvalue weighted by Crippen LogP contribution is -2.36. The van der Waals surface area contributed by atoms with Crippen molar-refractivity contribution < 1.29 is 14.9 Å². The molecule has 0 aromatic heterocycles. The molecule has 0 spiro atoms. The second-order valence-electron chi connectivity index (χ2n) is 3.71. The van der Waals surface area contributed by atoms with E-state index in [9.17, 15) is 5.11 Å². The molecule has 3 atom stereocenters. The van der Waals surface area contributed by atoms with Gasteiger partial charge in [0, 0.05) is 12.8 Å². The van der Waals surface area contributed by atoms with Crippen LogP contribution in [0, 0.1) is 0 Å². The molecule has 5 heteroatoms. The van der Waals surface area contributed by atoms with Gasteiger partial charge in [-0.25, -0.2) is 0 Å². The van der Waals surface area contributed by atoms with Gasteiger partial charge in [-0.1, -0.05) is 0 Å². The fourth-order valence-corrected chi connectivity index (χ4v) is 3.37. The minimum absolute atomic E-state index is 0.0128. The van der Waals surface area contributed by atoms with Crippen LogP contribution in [0.5, 0.6) is 0 Å². The lowest BCUT2D eigenvalue weighted by Gasteiger charge is -2.31. The zero-order chi connectivity index (χ0) is 11.1. The number of ether oxygens (including phenoxy) is 1. The Hall–Kier alpha value is 0.580. The van der Waals surface area contributed by atoms with Crippen molar-refractivity contribution in [3.05, 3.63) is 0 Å². The van der Waals surface area contributed by atoms with E-state index < -0.39 is 0 Å². The Balaban J connectivity index is 2.16. The van der Waals surface area contributed by atoms with Gasteiger partial charge >= 0.3 is 0 Å². The smallest absolute Gasteiger partial charge is 0.106 e. The van der Waals surface area contributed by atoms with Crippen LogP contribution in [0.15, 0.2) is 0 Å². The number of hydrogen-bond donors (Lipinski definition) is 2. The van der Waals surface area contributed by atoms with Gasteiger partial charge in [0.15, 0.2) is 0 Å². The summed E-state index contributed by atoms with van der Waals surface area (Å²) in [6.07, 6.45) is 4.05. The van der Waals surface area contributed by atoms with Crippen LogP contribution in [-0.2, 0) is 4.74 Å². The molecular formula is C10H20O3S2. The maximum absolute atomic E-state index is 9.58. The summed E-state index contributed by atoms with van der Waals surface area (Å²) in [6.45, 7) is 0.0128. The van der Waals surface area contributed by atoms with E-state index in [0.717, 1.165) is 5.75 Å². The van der Waals surface area contributed by atoms with Gasteiger partial charge in [-0.05, 0) is 24.2 Å². The highest BCUT2D eigenvalue weighted by Crippen LogP contribution is 2.27. The normalized spacial score (nSPS) is 31.8. The van der Waals surface area contributed by atoms with Crippen molar-refractivity contribution in [2.75, 3.05) is 24.4 Å². The molecule has 0 aromatic rings. The zero-order valence-electron chi connectivity index (χ0n) is 9.09. The molecule has 15 heavy (non-hydrogen) atoms. The monoisotopic (exact) mass is 252 g/mol. The third kappa shape index (κ3) is 5.45.